The molecule has 1 aromatic rings. The minimum atomic E-state index is -0.288. The van der Waals surface area contributed by atoms with Crippen LogP contribution < -0.4 is 5.32 Å². The van der Waals surface area contributed by atoms with Crippen LogP contribution in [0, 0.1) is 0 Å². The number of anilines is 1. The molecule has 0 unspecified atom stereocenters. The monoisotopic (exact) mass is 341 g/mol. The molecule has 0 bridgehead atoms. The fourth-order valence-corrected chi connectivity index (χ4v) is 3.58. The van der Waals surface area contributed by atoms with Gasteiger partial charge in [0, 0.05) is 13.7 Å². The summed E-state index contributed by atoms with van der Waals surface area (Å²) in [7, 11) is 1.89. The molecule has 1 heterocycles. The molecular formula is C15H24BrN3O. The third-order valence-corrected chi connectivity index (χ3v) is 4.81. The molecule has 1 aromatic heterocycles. The van der Waals surface area contributed by atoms with Crippen LogP contribution >= 0.6 is 15.9 Å². The first-order valence-corrected chi connectivity index (χ1v) is 8.34. The number of nitrogens with one attached hydrogen (secondary N) is 1. The third kappa shape index (κ3) is 2.98. The van der Waals surface area contributed by atoms with Gasteiger partial charge in [0.25, 0.3) is 0 Å². The molecule has 0 aliphatic heterocycles. The third-order valence-electron chi connectivity index (χ3n) is 3.98. The molecule has 0 aromatic carbocycles. The number of aryl methyl sites for hydroxylation is 1. The lowest BCUT2D eigenvalue weighted by Gasteiger charge is -2.36. The zero-order valence-electron chi connectivity index (χ0n) is 12.6. The Morgan fingerprint density at radius 2 is 1.90 bits per heavy atom. The van der Waals surface area contributed by atoms with Gasteiger partial charge in [-0.2, -0.15) is 0 Å². The van der Waals surface area contributed by atoms with Gasteiger partial charge >= 0.3 is 0 Å². The highest BCUT2D eigenvalue weighted by Gasteiger charge is 2.38. The van der Waals surface area contributed by atoms with Crippen LogP contribution in [0.15, 0.2) is 4.47 Å². The fraction of sp³-hybridized carbons (Fsp3) is 0.733. The predicted molar refractivity (Wildman–Crippen MR) is 85.0 cm³/mol. The van der Waals surface area contributed by atoms with E-state index in [1.165, 1.54) is 19.3 Å². The molecule has 1 aliphatic carbocycles. The number of aromatic nitrogens is 2. The zero-order chi connectivity index (χ0) is 14.6. The van der Waals surface area contributed by atoms with Crippen LogP contribution in [0.4, 0.5) is 5.82 Å². The summed E-state index contributed by atoms with van der Waals surface area (Å²) in [6, 6.07) is 0. The minimum absolute atomic E-state index is 0.288. The fourth-order valence-electron chi connectivity index (χ4n) is 2.93. The van der Waals surface area contributed by atoms with Gasteiger partial charge in [0.1, 0.15) is 11.4 Å². The first-order chi connectivity index (χ1) is 9.66. The van der Waals surface area contributed by atoms with Gasteiger partial charge in [-0.15, -0.1) is 0 Å². The highest BCUT2D eigenvalue weighted by atomic mass is 79.9. The van der Waals surface area contributed by atoms with E-state index in [1.54, 1.807) is 0 Å². The highest BCUT2D eigenvalue weighted by Crippen LogP contribution is 2.40. The number of rotatable bonds is 5. The molecule has 112 valence electrons. The molecule has 0 amide bonds. The van der Waals surface area contributed by atoms with Crippen LogP contribution in [0.25, 0.3) is 0 Å². The molecule has 0 spiro atoms. The lowest BCUT2D eigenvalue weighted by molar-refractivity contribution is -0.0767. The van der Waals surface area contributed by atoms with Crippen LogP contribution in [0.3, 0.4) is 0 Å². The van der Waals surface area contributed by atoms with E-state index < -0.39 is 0 Å². The van der Waals surface area contributed by atoms with Gasteiger partial charge < -0.3 is 10.1 Å². The van der Waals surface area contributed by atoms with Crippen molar-refractivity contribution < 1.29 is 4.74 Å². The van der Waals surface area contributed by atoms with E-state index in [-0.39, 0.29) is 5.60 Å². The van der Waals surface area contributed by atoms with Gasteiger partial charge in [0.15, 0.2) is 5.82 Å². The highest BCUT2D eigenvalue weighted by molar-refractivity contribution is 9.10. The Morgan fingerprint density at radius 1 is 1.20 bits per heavy atom. The molecule has 0 radical (unpaired) electrons. The molecule has 1 N–H and O–H groups in total. The van der Waals surface area contributed by atoms with Crippen LogP contribution in [-0.4, -0.2) is 23.6 Å². The second kappa shape index (κ2) is 6.85. The van der Waals surface area contributed by atoms with E-state index in [1.807, 2.05) is 7.05 Å². The van der Waals surface area contributed by atoms with Crippen LogP contribution in [0.5, 0.6) is 0 Å². The molecule has 20 heavy (non-hydrogen) atoms. The summed E-state index contributed by atoms with van der Waals surface area (Å²) in [4.78, 5) is 9.51. The van der Waals surface area contributed by atoms with Crippen molar-refractivity contribution in [2.24, 2.45) is 0 Å². The maximum Gasteiger partial charge on any atom is 0.162 e. The molecule has 0 saturated heterocycles. The molecular weight excluding hydrogens is 318 g/mol. The maximum absolute atomic E-state index is 6.13. The summed E-state index contributed by atoms with van der Waals surface area (Å²) in [5, 5.41) is 3.16. The first-order valence-electron chi connectivity index (χ1n) is 7.55. The summed E-state index contributed by atoms with van der Waals surface area (Å²) in [6.45, 7) is 4.87. The summed E-state index contributed by atoms with van der Waals surface area (Å²) in [5.41, 5.74) is 0.757. The van der Waals surface area contributed by atoms with Gasteiger partial charge in [-0.05, 0) is 42.1 Å². The van der Waals surface area contributed by atoms with Crippen molar-refractivity contribution in [3.8, 4) is 0 Å². The smallest absolute Gasteiger partial charge is 0.162 e. The number of nitrogens with zero attached hydrogens (tertiary/aromatic N) is 2. The summed E-state index contributed by atoms with van der Waals surface area (Å²) in [5.74, 6) is 1.71. The quantitative estimate of drug-likeness (QED) is 0.877. The average molecular weight is 342 g/mol. The van der Waals surface area contributed by atoms with Gasteiger partial charge in [-0.25, -0.2) is 9.97 Å². The Morgan fingerprint density at radius 3 is 2.45 bits per heavy atom. The molecule has 0 atom stereocenters. The second-order valence-electron chi connectivity index (χ2n) is 5.25. The van der Waals surface area contributed by atoms with Crippen molar-refractivity contribution in [3.05, 3.63) is 16.0 Å². The molecule has 5 heteroatoms. The van der Waals surface area contributed by atoms with E-state index in [0.717, 1.165) is 41.1 Å². The molecule has 2 rings (SSSR count). The van der Waals surface area contributed by atoms with Gasteiger partial charge in [0.2, 0.25) is 0 Å². The Kier molecular flexibility index (Phi) is 5.38. The van der Waals surface area contributed by atoms with Gasteiger partial charge in [0.05, 0.1) is 10.2 Å². The topological polar surface area (TPSA) is 47.0 Å². The molecule has 4 nitrogen and oxygen atoms in total. The Balaban J connectivity index is 2.47. The lowest BCUT2D eigenvalue weighted by atomic mass is 9.83. The average Bonchev–Trinajstić information content (AvgIpc) is 2.48. The first kappa shape index (κ1) is 15.7. The number of halogens is 1. The Hall–Kier alpha value is -0.680. The number of hydrogen-bond acceptors (Lipinski definition) is 4. The normalized spacial score (nSPS) is 18.0. The minimum Gasteiger partial charge on any atom is -0.372 e. The van der Waals surface area contributed by atoms with Crippen molar-refractivity contribution in [2.75, 3.05) is 19.0 Å². The summed E-state index contributed by atoms with van der Waals surface area (Å²) >= 11 is 3.59. The van der Waals surface area contributed by atoms with E-state index >= 15 is 0 Å². The van der Waals surface area contributed by atoms with Crippen molar-refractivity contribution >= 4 is 21.7 Å². The lowest BCUT2D eigenvalue weighted by Crippen LogP contribution is -2.35. The van der Waals surface area contributed by atoms with Crippen molar-refractivity contribution in [1.82, 2.24) is 9.97 Å². The predicted octanol–water partition coefficient (Wildman–Crippen LogP) is 4.04. The van der Waals surface area contributed by atoms with E-state index in [2.05, 4.69) is 35.1 Å². The molecule has 1 aliphatic rings. The van der Waals surface area contributed by atoms with Gasteiger partial charge in [-0.3, -0.25) is 0 Å². The standard InChI is InChI=1S/C15H24BrN3O/c1-4-11-12(16)13(17-3)19-14(18-11)15(20-5-2)9-7-6-8-10-15/h4-10H2,1-3H3,(H,17,18,19). The van der Waals surface area contributed by atoms with Crippen molar-refractivity contribution in [1.29, 1.82) is 0 Å². The zero-order valence-corrected chi connectivity index (χ0v) is 14.2. The van der Waals surface area contributed by atoms with E-state index in [4.69, 9.17) is 14.7 Å². The van der Waals surface area contributed by atoms with Crippen molar-refractivity contribution in [2.45, 2.75) is 58.0 Å². The molecule has 1 saturated carbocycles. The Labute approximate surface area is 129 Å². The van der Waals surface area contributed by atoms with E-state index in [9.17, 15) is 0 Å². The summed E-state index contributed by atoms with van der Waals surface area (Å²) < 4.78 is 7.09. The number of hydrogen-bond donors (Lipinski definition) is 1. The Bertz CT molecular complexity index is 428. The van der Waals surface area contributed by atoms with Crippen LogP contribution in [-0.2, 0) is 16.8 Å². The van der Waals surface area contributed by atoms with Crippen molar-refractivity contribution in [3.63, 3.8) is 0 Å². The maximum atomic E-state index is 6.13. The number of ether oxygens (including phenoxy) is 1. The van der Waals surface area contributed by atoms with Crippen LogP contribution in [0.1, 0.15) is 57.5 Å². The SMILES string of the molecule is CCOC1(c2nc(CC)c(Br)c(NC)n2)CCCCC1. The summed E-state index contributed by atoms with van der Waals surface area (Å²) in [6.07, 6.45) is 6.59. The van der Waals surface area contributed by atoms with Gasteiger partial charge in [-0.1, -0.05) is 26.2 Å². The van der Waals surface area contributed by atoms with E-state index in [0.29, 0.717) is 6.61 Å². The molecule has 1 fully saturated rings. The second-order valence-corrected chi connectivity index (χ2v) is 6.04. The van der Waals surface area contributed by atoms with Crippen LogP contribution in [0.2, 0.25) is 0 Å². The largest absolute Gasteiger partial charge is 0.372 e.